The third-order valence-electron chi connectivity index (χ3n) is 3.98. The number of hydrogen-bond acceptors (Lipinski definition) is 2. The topological polar surface area (TPSA) is 35.2 Å². The van der Waals surface area contributed by atoms with E-state index in [2.05, 4.69) is 27.4 Å². The van der Waals surface area contributed by atoms with Gasteiger partial charge in [-0.2, -0.15) is 0 Å². The normalized spacial score (nSPS) is 25.0. The van der Waals surface area contributed by atoms with Gasteiger partial charge in [-0.05, 0) is 44.4 Å². The predicted octanol–water partition coefficient (Wildman–Crippen LogP) is 3.27. The third-order valence-corrected chi connectivity index (χ3v) is 3.98. The molecule has 0 saturated heterocycles. The smallest absolute Gasteiger partial charge is 0.0835 e. The van der Waals surface area contributed by atoms with Crippen molar-refractivity contribution in [1.29, 1.82) is 0 Å². The van der Waals surface area contributed by atoms with Gasteiger partial charge in [0.05, 0.1) is 5.60 Å². The molecule has 0 amide bonds. The molecule has 94 valence electrons. The van der Waals surface area contributed by atoms with E-state index in [-0.39, 0.29) is 11.6 Å². The van der Waals surface area contributed by atoms with Crippen molar-refractivity contribution in [3.8, 4) is 0 Å². The molecule has 1 rings (SSSR count). The zero-order chi connectivity index (χ0) is 12.2. The summed E-state index contributed by atoms with van der Waals surface area (Å²) in [7, 11) is 0. The van der Waals surface area contributed by atoms with Gasteiger partial charge in [-0.1, -0.05) is 19.9 Å². The number of nitrogens with two attached hydrogens (primary N) is 1. The highest BCUT2D eigenvalue weighted by Gasteiger charge is 2.42. The Labute approximate surface area is 100 Å². The molecule has 2 nitrogen and oxygen atoms in total. The van der Waals surface area contributed by atoms with Gasteiger partial charge in [0.2, 0.25) is 0 Å². The quantitative estimate of drug-likeness (QED) is 0.729. The lowest BCUT2D eigenvalue weighted by molar-refractivity contribution is -0.0982. The summed E-state index contributed by atoms with van der Waals surface area (Å²) in [6.07, 6.45) is 7.34. The van der Waals surface area contributed by atoms with Gasteiger partial charge in [0.15, 0.2) is 0 Å². The molecule has 1 unspecified atom stereocenters. The van der Waals surface area contributed by atoms with Crippen LogP contribution in [0.1, 0.15) is 52.9 Å². The van der Waals surface area contributed by atoms with Crippen LogP contribution in [-0.2, 0) is 4.74 Å². The monoisotopic (exact) mass is 225 g/mol. The Morgan fingerprint density at radius 2 is 1.88 bits per heavy atom. The van der Waals surface area contributed by atoms with Crippen LogP contribution in [0.5, 0.6) is 0 Å². The van der Waals surface area contributed by atoms with Crippen molar-refractivity contribution in [2.75, 3.05) is 6.61 Å². The molecule has 1 aliphatic rings. The summed E-state index contributed by atoms with van der Waals surface area (Å²) < 4.78 is 6.01. The predicted molar refractivity (Wildman–Crippen MR) is 69.4 cm³/mol. The Balaban J connectivity index is 2.71. The van der Waals surface area contributed by atoms with E-state index in [0.717, 1.165) is 25.9 Å². The van der Waals surface area contributed by atoms with Gasteiger partial charge in [0, 0.05) is 12.6 Å². The molecule has 2 heteroatoms. The van der Waals surface area contributed by atoms with Gasteiger partial charge in [0.1, 0.15) is 0 Å². The van der Waals surface area contributed by atoms with Gasteiger partial charge in [0.25, 0.3) is 0 Å². The molecule has 16 heavy (non-hydrogen) atoms. The van der Waals surface area contributed by atoms with E-state index < -0.39 is 0 Å². The molecule has 0 aromatic rings. The Bertz CT molecular complexity index is 225. The van der Waals surface area contributed by atoms with Gasteiger partial charge < -0.3 is 10.5 Å². The van der Waals surface area contributed by atoms with Crippen LogP contribution in [0.4, 0.5) is 0 Å². The standard InChI is InChI=1S/C14H27NO/c1-5-7-12(15)14(16-6-2)10-8-13(3,4)9-11-14/h5,12H,1,6-11,15H2,2-4H3. The molecule has 0 aromatic carbocycles. The van der Waals surface area contributed by atoms with Crippen LogP contribution < -0.4 is 5.73 Å². The maximum atomic E-state index is 6.27. The first-order valence-corrected chi connectivity index (χ1v) is 6.46. The zero-order valence-corrected chi connectivity index (χ0v) is 11.1. The molecule has 0 heterocycles. The second-order valence-corrected chi connectivity index (χ2v) is 5.79. The van der Waals surface area contributed by atoms with Gasteiger partial charge in [-0.3, -0.25) is 0 Å². The van der Waals surface area contributed by atoms with Crippen LogP contribution >= 0.6 is 0 Å². The fourth-order valence-electron chi connectivity index (χ4n) is 2.65. The first-order chi connectivity index (χ1) is 7.46. The summed E-state index contributed by atoms with van der Waals surface area (Å²) >= 11 is 0. The second kappa shape index (κ2) is 5.33. The summed E-state index contributed by atoms with van der Waals surface area (Å²) in [6.45, 7) is 11.3. The van der Waals surface area contributed by atoms with Crippen LogP contribution in [0.15, 0.2) is 12.7 Å². The number of ether oxygens (including phenoxy) is 1. The summed E-state index contributed by atoms with van der Waals surface area (Å²) in [4.78, 5) is 0. The molecule has 0 aromatic heterocycles. The highest BCUT2D eigenvalue weighted by atomic mass is 16.5. The van der Waals surface area contributed by atoms with Crippen molar-refractivity contribution in [1.82, 2.24) is 0 Å². The van der Waals surface area contributed by atoms with Crippen molar-refractivity contribution >= 4 is 0 Å². The van der Waals surface area contributed by atoms with E-state index in [9.17, 15) is 0 Å². The first kappa shape index (κ1) is 13.7. The van der Waals surface area contributed by atoms with Crippen molar-refractivity contribution in [2.24, 2.45) is 11.1 Å². The largest absolute Gasteiger partial charge is 0.374 e. The molecular formula is C14H27NO. The van der Waals surface area contributed by atoms with Crippen LogP contribution in [0.3, 0.4) is 0 Å². The number of hydrogen-bond donors (Lipinski definition) is 1. The number of rotatable bonds is 5. The second-order valence-electron chi connectivity index (χ2n) is 5.79. The van der Waals surface area contributed by atoms with Crippen molar-refractivity contribution in [3.05, 3.63) is 12.7 Å². The maximum absolute atomic E-state index is 6.27. The fourth-order valence-corrected chi connectivity index (χ4v) is 2.65. The van der Waals surface area contributed by atoms with Crippen LogP contribution in [0.25, 0.3) is 0 Å². The van der Waals surface area contributed by atoms with E-state index >= 15 is 0 Å². The Kier molecular flexibility index (Phi) is 4.57. The van der Waals surface area contributed by atoms with E-state index in [1.54, 1.807) is 0 Å². The molecular weight excluding hydrogens is 198 g/mol. The third kappa shape index (κ3) is 3.08. The highest BCUT2D eigenvalue weighted by molar-refractivity contribution is 4.99. The van der Waals surface area contributed by atoms with Gasteiger partial charge >= 0.3 is 0 Å². The first-order valence-electron chi connectivity index (χ1n) is 6.46. The van der Waals surface area contributed by atoms with Gasteiger partial charge in [-0.15, -0.1) is 6.58 Å². The molecule has 0 spiro atoms. The summed E-state index contributed by atoms with van der Waals surface area (Å²) in [5, 5.41) is 0. The average molecular weight is 225 g/mol. The van der Waals surface area contributed by atoms with E-state index in [0.29, 0.717) is 5.41 Å². The summed E-state index contributed by atoms with van der Waals surface area (Å²) in [5.41, 5.74) is 6.63. The van der Waals surface area contributed by atoms with Gasteiger partial charge in [-0.25, -0.2) is 0 Å². The van der Waals surface area contributed by atoms with E-state index in [1.807, 2.05) is 6.08 Å². The minimum atomic E-state index is -0.0987. The molecule has 1 fully saturated rings. The Hall–Kier alpha value is -0.340. The molecule has 0 bridgehead atoms. The molecule has 1 atom stereocenters. The van der Waals surface area contributed by atoms with Crippen molar-refractivity contribution < 1.29 is 4.74 Å². The molecule has 2 N–H and O–H groups in total. The summed E-state index contributed by atoms with van der Waals surface area (Å²) in [5.74, 6) is 0. The van der Waals surface area contributed by atoms with Crippen molar-refractivity contribution in [3.63, 3.8) is 0 Å². The highest BCUT2D eigenvalue weighted by Crippen LogP contribution is 2.43. The maximum Gasteiger partial charge on any atom is 0.0835 e. The molecule has 0 radical (unpaired) electrons. The van der Waals surface area contributed by atoms with E-state index in [4.69, 9.17) is 10.5 Å². The van der Waals surface area contributed by atoms with Crippen molar-refractivity contribution in [2.45, 2.75) is 64.5 Å². The van der Waals surface area contributed by atoms with E-state index in [1.165, 1.54) is 12.8 Å². The molecule has 1 saturated carbocycles. The van der Waals surface area contributed by atoms with Crippen LogP contribution in [0.2, 0.25) is 0 Å². The lowest BCUT2D eigenvalue weighted by atomic mass is 9.68. The Morgan fingerprint density at radius 3 is 2.31 bits per heavy atom. The minimum Gasteiger partial charge on any atom is -0.374 e. The average Bonchev–Trinajstić information content (AvgIpc) is 2.22. The molecule has 1 aliphatic carbocycles. The fraction of sp³-hybridized carbons (Fsp3) is 0.857. The molecule has 0 aliphatic heterocycles. The van der Waals surface area contributed by atoms with Crippen LogP contribution in [0, 0.1) is 5.41 Å². The zero-order valence-electron chi connectivity index (χ0n) is 11.1. The summed E-state index contributed by atoms with van der Waals surface area (Å²) in [6, 6.07) is 0.0982. The Morgan fingerprint density at radius 1 is 1.31 bits per heavy atom. The minimum absolute atomic E-state index is 0.0982. The lowest BCUT2D eigenvalue weighted by Crippen LogP contribution is -2.53. The SMILES string of the molecule is C=CCC(N)C1(OCC)CCC(C)(C)CC1. The van der Waals surface area contributed by atoms with Crippen LogP contribution in [-0.4, -0.2) is 18.2 Å². The lowest BCUT2D eigenvalue weighted by Gasteiger charge is -2.46.